The molecular formula is C14H19NO7. The van der Waals surface area contributed by atoms with E-state index < -0.39 is 48.6 Å². The Morgan fingerprint density at radius 3 is 2.14 bits per heavy atom. The maximum Gasteiger partial charge on any atom is 0.328 e. The van der Waals surface area contributed by atoms with Gasteiger partial charge in [-0.05, 0) is 5.56 Å². The molecule has 1 aromatic carbocycles. The second kappa shape index (κ2) is 7.43. The summed E-state index contributed by atoms with van der Waals surface area (Å²) in [5.74, 6) is -2.54. The highest BCUT2D eigenvalue weighted by Gasteiger charge is 2.41. The molecule has 4 atom stereocenters. The first kappa shape index (κ1) is 18.2. The Morgan fingerprint density at radius 2 is 1.68 bits per heavy atom. The Labute approximate surface area is 126 Å². The monoisotopic (exact) mass is 313 g/mol. The van der Waals surface area contributed by atoms with Crippen molar-refractivity contribution in [3.05, 3.63) is 35.9 Å². The summed E-state index contributed by atoms with van der Waals surface area (Å²) in [6.45, 7) is -0.864. The zero-order valence-electron chi connectivity index (χ0n) is 11.7. The lowest BCUT2D eigenvalue weighted by Crippen LogP contribution is -2.51. The van der Waals surface area contributed by atoms with Crippen LogP contribution in [0, 0.1) is 0 Å². The molecule has 8 heteroatoms. The van der Waals surface area contributed by atoms with Crippen LogP contribution in [0.1, 0.15) is 12.0 Å². The lowest BCUT2D eigenvalue weighted by molar-refractivity contribution is -0.150. The first-order valence-electron chi connectivity index (χ1n) is 6.49. The molecule has 22 heavy (non-hydrogen) atoms. The van der Waals surface area contributed by atoms with Crippen molar-refractivity contribution in [3.63, 3.8) is 0 Å². The fourth-order valence-corrected chi connectivity index (χ4v) is 1.92. The molecule has 1 rings (SSSR count). The fourth-order valence-electron chi connectivity index (χ4n) is 1.92. The number of carboxylic acids is 1. The van der Waals surface area contributed by atoms with Gasteiger partial charge in [-0.2, -0.15) is 0 Å². The third-order valence-electron chi connectivity index (χ3n) is 3.36. The van der Waals surface area contributed by atoms with Crippen LogP contribution in [0.15, 0.2) is 30.3 Å². The molecule has 0 heterocycles. The minimum Gasteiger partial charge on any atom is -0.480 e. The Bertz CT molecular complexity index is 521. The quantitative estimate of drug-likeness (QED) is 0.320. The molecule has 0 fully saturated rings. The van der Waals surface area contributed by atoms with Gasteiger partial charge in [-0.15, -0.1) is 0 Å². The summed E-state index contributed by atoms with van der Waals surface area (Å²) in [6.07, 6.45) is -6.52. The molecular weight excluding hydrogens is 294 g/mol. The highest BCUT2D eigenvalue weighted by Crippen LogP contribution is 2.24. The van der Waals surface area contributed by atoms with E-state index in [1.165, 1.54) is 12.1 Å². The summed E-state index contributed by atoms with van der Waals surface area (Å²) >= 11 is 0. The van der Waals surface area contributed by atoms with Crippen LogP contribution in [0.5, 0.6) is 0 Å². The highest BCUT2D eigenvalue weighted by atomic mass is 16.4. The minimum absolute atomic E-state index is 0.153. The van der Waals surface area contributed by atoms with Gasteiger partial charge in [0.15, 0.2) is 5.78 Å². The Balaban J connectivity index is 2.97. The number of Topliss-reactive ketones (excluding diaryl/α,β-unsaturated/α-hetero) is 1. The Hall–Kier alpha value is -1.84. The third-order valence-corrected chi connectivity index (χ3v) is 3.36. The first-order chi connectivity index (χ1) is 10.2. The topological polar surface area (TPSA) is 161 Å². The standard InChI is InChI=1S/C14H19NO7/c15-14(13(21)22,8-4-2-1-3-5-8)6-9(17)11(19)12(20)10(18)7-16/h1-5,10-12,16,18-20H,6-7,15H2,(H,21,22)/t10-,11-,12-,14+/m1/s1. The van der Waals surface area contributed by atoms with E-state index in [0.717, 1.165) is 0 Å². The van der Waals surface area contributed by atoms with Crippen molar-refractivity contribution >= 4 is 11.8 Å². The molecule has 0 saturated carbocycles. The van der Waals surface area contributed by atoms with Gasteiger partial charge < -0.3 is 31.3 Å². The average Bonchev–Trinajstić information content (AvgIpc) is 2.52. The Morgan fingerprint density at radius 1 is 1.14 bits per heavy atom. The van der Waals surface area contributed by atoms with Crippen LogP contribution in [0.25, 0.3) is 0 Å². The number of hydrogen-bond acceptors (Lipinski definition) is 7. The molecule has 0 aliphatic heterocycles. The van der Waals surface area contributed by atoms with E-state index in [9.17, 15) is 30.0 Å². The van der Waals surface area contributed by atoms with Gasteiger partial charge >= 0.3 is 5.97 Å². The van der Waals surface area contributed by atoms with Gasteiger partial charge in [0.2, 0.25) is 0 Å². The molecule has 0 aromatic heterocycles. The molecule has 0 spiro atoms. The van der Waals surface area contributed by atoms with Crippen LogP contribution in [0.2, 0.25) is 0 Å². The SMILES string of the molecule is N[C@](CC(=O)[C@@H](O)[C@H](O)[C@H](O)CO)(C(=O)O)c1ccccc1. The smallest absolute Gasteiger partial charge is 0.328 e. The van der Waals surface area contributed by atoms with Gasteiger partial charge in [-0.25, -0.2) is 4.79 Å². The van der Waals surface area contributed by atoms with Gasteiger partial charge in [0.1, 0.15) is 23.9 Å². The van der Waals surface area contributed by atoms with Gasteiger partial charge in [0.25, 0.3) is 0 Å². The number of rotatable bonds is 8. The summed E-state index contributed by atoms with van der Waals surface area (Å²) in [5.41, 5.74) is 3.86. The maximum atomic E-state index is 12.0. The number of carboxylic acid groups (broad SMARTS) is 1. The molecule has 0 radical (unpaired) electrons. The molecule has 0 saturated heterocycles. The molecule has 0 unspecified atom stereocenters. The third kappa shape index (κ3) is 3.87. The molecule has 0 bridgehead atoms. The highest BCUT2D eigenvalue weighted by molar-refractivity contribution is 5.92. The van der Waals surface area contributed by atoms with Crippen molar-refractivity contribution in [2.24, 2.45) is 5.73 Å². The lowest BCUT2D eigenvalue weighted by Gasteiger charge is -2.27. The van der Waals surface area contributed by atoms with Crippen molar-refractivity contribution < 1.29 is 35.1 Å². The lowest BCUT2D eigenvalue weighted by atomic mass is 9.84. The summed E-state index contributed by atoms with van der Waals surface area (Å²) < 4.78 is 0. The molecule has 0 aliphatic carbocycles. The van der Waals surface area contributed by atoms with Crippen molar-refractivity contribution in [2.75, 3.05) is 6.61 Å². The zero-order chi connectivity index (χ0) is 16.9. The molecule has 1 aromatic rings. The fraction of sp³-hybridized carbons (Fsp3) is 0.429. The number of carbonyl (C=O) groups excluding carboxylic acids is 1. The van der Waals surface area contributed by atoms with Crippen molar-refractivity contribution in [2.45, 2.75) is 30.3 Å². The minimum atomic E-state index is -2.08. The van der Waals surface area contributed by atoms with E-state index in [4.69, 9.17) is 10.8 Å². The van der Waals surface area contributed by atoms with Crippen molar-refractivity contribution in [1.82, 2.24) is 0 Å². The number of hydrogen-bond donors (Lipinski definition) is 6. The maximum absolute atomic E-state index is 12.0. The van der Waals surface area contributed by atoms with E-state index in [1.54, 1.807) is 18.2 Å². The normalized spacial score (nSPS) is 18.0. The number of nitrogens with two attached hydrogens (primary N) is 1. The van der Waals surface area contributed by atoms with Crippen molar-refractivity contribution in [1.29, 1.82) is 0 Å². The molecule has 0 aliphatic rings. The van der Waals surface area contributed by atoms with Crippen LogP contribution in [0.3, 0.4) is 0 Å². The summed E-state index contributed by atoms with van der Waals surface area (Å²) in [6, 6.07) is 7.58. The number of carbonyl (C=O) groups is 2. The van der Waals surface area contributed by atoms with E-state index in [1.807, 2.05) is 0 Å². The van der Waals surface area contributed by atoms with Crippen LogP contribution in [-0.2, 0) is 15.1 Å². The van der Waals surface area contributed by atoms with Gasteiger partial charge in [-0.3, -0.25) is 4.79 Å². The molecule has 0 amide bonds. The number of aliphatic hydroxyl groups excluding tert-OH is 4. The number of aliphatic carboxylic acids is 1. The summed E-state index contributed by atoms with van der Waals surface area (Å²) in [5, 5.41) is 46.3. The van der Waals surface area contributed by atoms with E-state index in [0.29, 0.717) is 0 Å². The average molecular weight is 313 g/mol. The van der Waals surface area contributed by atoms with Crippen LogP contribution < -0.4 is 5.73 Å². The van der Waals surface area contributed by atoms with Gasteiger partial charge in [0.05, 0.1) is 6.61 Å². The molecule has 7 N–H and O–H groups in total. The Kier molecular flexibility index (Phi) is 6.15. The van der Waals surface area contributed by atoms with Crippen LogP contribution in [0.4, 0.5) is 0 Å². The largest absolute Gasteiger partial charge is 0.480 e. The van der Waals surface area contributed by atoms with Gasteiger partial charge in [-0.1, -0.05) is 30.3 Å². The van der Waals surface area contributed by atoms with Gasteiger partial charge in [0, 0.05) is 6.42 Å². The predicted octanol–water partition coefficient (Wildman–Crippen LogP) is -2.04. The summed E-state index contributed by atoms with van der Waals surface area (Å²) in [4.78, 5) is 23.4. The van der Waals surface area contributed by atoms with E-state index in [-0.39, 0.29) is 5.56 Å². The summed E-state index contributed by atoms with van der Waals surface area (Å²) in [7, 11) is 0. The molecule has 8 nitrogen and oxygen atoms in total. The number of ketones is 1. The van der Waals surface area contributed by atoms with E-state index in [2.05, 4.69) is 0 Å². The van der Waals surface area contributed by atoms with Crippen molar-refractivity contribution in [3.8, 4) is 0 Å². The zero-order valence-corrected chi connectivity index (χ0v) is 11.7. The second-order valence-corrected chi connectivity index (χ2v) is 4.97. The van der Waals surface area contributed by atoms with Crippen LogP contribution in [-0.4, -0.2) is 62.2 Å². The second-order valence-electron chi connectivity index (χ2n) is 4.97. The molecule has 122 valence electrons. The predicted molar refractivity (Wildman–Crippen MR) is 74.7 cm³/mol. The van der Waals surface area contributed by atoms with E-state index >= 15 is 0 Å². The number of aliphatic hydroxyl groups is 4. The number of benzene rings is 1. The van der Waals surface area contributed by atoms with Crippen LogP contribution >= 0.6 is 0 Å². The first-order valence-corrected chi connectivity index (χ1v) is 6.49.